The van der Waals surface area contributed by atoms with Crippen molar-refractivity contribution in [3.63, 3.8) is 0 Å². The second kappa shape index (κ2) is 5.99. The van der Waals surface area contributed by atoms with E-state index in [9.17, 15) is 8.42 Å². The lowest BCUT2D eigenvalue weighted by atomic mass is 10.2. The Balaban J connectivity index is 2.08. The van der Waals surface area contributed by atoms with Crippen LogP contribution in [0.25, 0.3) is 0 Å². The molecule has 1 N–H and O–H groups in total. The molecule has 19 heavy (non-hydrogen) atoms. The summed E-state index contributed by atoms with van der Waals surface area (Å²) >= 11 is 0. The predicted molar refractivity (Wildman–Crippen MR) is 75.1 cm³/mol. The summed E-state index contributed by atoms with van der Waals surface area (Å²) in [6, 6.07) is 16.1. The first-order valence-electron chi connectivity index (χ1n) is 6.02. The number of hydrogen-bond donors (Lipinski definition) is 1. The third-order valence-corrected chi connectivity index (χ3v) is 4.37. The minimum absolute atomic E-state index is 0.0214. The van der Waals surface area contributed by atoms with Gasteiger partial charge in [-0.1, -0.05) is 54.6 Å². The zero-order valence-corrected chi connectivity index (χ0v) is 11.3. The Hall–Kier alpha value is -1.65. The third-order valence-electron chi connectivity index (χ3n) is 2.82. The highest BCUT2D eigenvalue weighted by Crippen LogP contribution is 2.13. The molecule has 0 aromatic heterocycles. The molecule has 0 aliphatic rings. The molecule has 0 bridgehead atoms. The quantitative estimate of drug-likeness (QED) is 0.911. The first kappa shape index (κ1) is 13.8. The number of sulfone groups is 1. The number of aliphatic hydroxyl groups is 1. The van der Waals surface area contributed by atoms with Crippen LogP contribution in [0.2, 0.25) is 0 Å². The average Bonchev–Trinajstić information content (AvgIpc) is 2.39. The summed E-state index contributed by atoms with van der Waals surface area (Å²) in [7, 11) is -3.17. The maximum Gasteiger partial charge on any atom is 0.158 e. The topological polar surface area (TPSA) is 54.4 Å². The lowest BCUT2D eigenvalue weighted by Crippen LogP contribution is -2.07. The summed E-state index contributed by atoms with van der Waals surface area (Å²) < 4.78 is 24.1. The standard InChI is InChI=1S/C15H16O3S/c16-10-13-6-8-15(9-7-13)12-19(17,18)11-14-4-2-1-3-5-14/h1-9,16H,10-12H2. The van der Waals surface area contributed by atoms with Gasteiger partial charge in [0.1, 0.15) is 0 Å². The molecule has 0 heterocycles. The molecule has 0 radical (unpaired) electrons. The molecule has 0 aliphatic carbocycles. The van der Waals surface area contributed by atoms with E-state index >= 15 is 0 Å². The van der Waals surface area contributed by atoms with Crippen molar-refractivity contribution in [1.29, 1.82) is 0 Å². The molecule has 0 spiro atoms. The molecule has 100 valence electrons. The highest BCUT2D eigenvalue weighted by Gasteiger charge is 2.12. The van der Waals surface area contributed by atoms with Gasteiger partial charge in [0.25, 0.3) is 0 Å². The van der Waals surface area contributed by atoms with Gasteiger partial charge in [-0.15, -0.1) is 0 Å². The minimum Gasteiger partial charge on any atom is -0.392 e. The van der Waals surface area contributed by atoms with Gasteiger partial charge in [-0.25, -0.2) is 8.42 Å². The van der Waals surface area contributed by atoms with Crippen molar-refractivity contribution < 1.29 is 13.5 Å². The Morgan fingerprint density at radius 1 is 0.737 bits per heavy atom. The summed E-state index contributed by atoms with van der Waals surface area (Å²) in [6.45, 7) is -0.0307. The van der Waals surface area contributed by atoms with Gasteiger partial charge >= 0.3 is 0 Å². The van der Waals surface area contributed by atoms with Crippen LogP contribution >= 0.6 is 0 Å². The molecule has 0 aliphatic heterocycles. The smallest absolute Gasteiger partial charge is 0.158 e. The van der Waals surface area contributed by atoms with Gasteiger partial charge in [0.15, 0.2) is 9.84 Å². The lowest BCUT2D eigenvalue weighted by Gasteiger charge is -2.05. The molecule has 3 nitrogen and oxygen atoms in total. The van der Waals surface area contributed by atoms with Gasteiger partial charge < -0.3 is 5.11 Å². The summed E-state index contributed by atoms with van der Waals surface area (Å²) in [5, 5.41) is 8.94. The maximum absolute atomic E-state index is 12.1. The largest absolute Gasteiger partial charge is 0.392 e. The fourth-order valence-electron chi connectivity index (χ4n) is 1.87. The highest BCUT2D eigenvalue weighted by atomic mass is 32.2. The predicted octanol–water partition coefficient (Wildman–Crippen LogP) is 2.29. The highest BCUT2D eigenvalue weighted by molar-refractivity contribution is 7.89. The van der Waals surface area contributed by atoms with E-state index in [-0.39, 0.29) is 18.1 Å². The van der Waals surface area contributed by atoms with Crippen molar-refractivity contribution in [2.75, 3.05) is 0 Å². The van der Waals surface area contributed by atoms with Crippen LogP contribution in [-0.2, 0) is 27.9 Å². The maximum atomic E-state index is 12.1. The van der Waals surface area contributed by atoms with Gasteiger partial charge in [-0.3, -0.25) is 0 Å². The molecule has 2 aromatic rings. The molecule has 2 rings (SSSR count). The molecule has 2 aromatic carbocycles. The Morgan fingerprint density at radius 2 is 1.21 bits per heavy atom. The van der Waals surface area contributed by atoms with E-state index < -0.39 is 9.84 Å². The van der Waals surface area contributed by atoms with E-state index in [1.165, 1.54) is 0 Å². The summed E-state index contributed by atoms with van der Waals surface area (Å²) in [6.07, 6.45) is 0. The SMILES string of the molecule is O=S(=O)(Cc1ccccc1)Cc1ccc(CO)cc1. The summed E-state index contributed by atoms with van der Waals surface area (Å²) in [5.74, 6) is 0.0726. The third kappa shape index (κ3) is 4.19. The van der Waals surface area contributed by atoms with E-state index in [4.69, 9.17) is 5.11 Å². The van der Waals surface area contributed by atoms with E-state index in [2.05, 4.69) is 0 Å². The van der Waals surface area contributed by atoms with Gasteiger partial charge in [-0.2, -0.15) is 0 Å². The Morgan fingerprint density at radius 3 is 1.74 bits per heavy atom. The lowest BCUT2D eigenvalue weighted by molar-refractivity contribution is 0.282. The van der Waals surface area contributed by atoms with Crippen LogP contribution in [0, 0.1) is 0 Å². The fraction of sp³-hybridized carbons (Fsp3) is 0.200. The van der Waals surface area contributed by atoms with Crippen LogP contribution in [0.1, 0.15) is 16.7 Å². The molecule has 0 unspecified atom stereocenters. The molecule has 0 saturated carbocycles. The fourth-order valence-corrected chi connectivity index (χ4v) is 3.38. The van der Waals surface area contributed by atoms with E-state index in [1.807, 2.05) is 30.3 Å². The molecule has 0 saturated heterocycles. The first-order valence-corrected chi connectivity index (χ1v) is 7.84. The Labute approximate surface area is 113 Å². The van der Waals surface area contributed by atoms with Crippen LogP contribution in [0.4, 0.5) is 0 Å². The van der Waals surface area contributed by atoms with Crippen molar-refractivity contribution in [2.45, 2.75) is 18.1 Å². The van der Waals surface area contributed by atoms with Crippen molar-refractivity contribution in [2.24, 2.45) is 0 Å². The molecule has 0 amide bonds. The molecule has 0 atom stereocenters. The van der Waals surface area contributed by atoms with Crippen LogP contribution in [0.15, 0.2) is 54.6 Å². The first-order chi connectivity index (χ1) is 9.09. The number of hydrogen-bond acceptors (Lipinski definition) is 3. The normalized spacial score (nSPS) is 11.4. The van der Waals surface area contributed by atoms with E-state index in [1.54, 1.807) is 24.3 Å². The van der Waals surface area contributed by atoms with Crippen molar-refractivity contribution in [1.82, 2.24) is 0 Å². The van der Waals surface area contributed by atoms with Gasteiger partial charge in [0, 0.05) is 0 Å². The zero-order chi connectivity index (χ0) is 13.7. The summed E-state index contributed by atoms with van der Waals surface area (Å²) in [4.78, 5) is 0. The van der Waals surface area contributed by atoms with E-state index in [0.717, 1.165) is 16.7 Å². The van der Waals surface area contributed by atoms with E-state index in [0.29, 0.717) is 0 Å². The Kier molecular flexibility index (Phi) is 4.35. The van der Waals surface area contributed by atoms with Crippen LogP contribution in [-0.4, -0.2) is 13.5 Å². The van der Waals surface area contributed by atoms with Crippen molar-refractivity contribution >= 4 is 9.84 Å². The molecule has 4 heteroatoms. The van der Waals surface area contributed by atoms with Gasteiger partial charge in [0.05, 0.1) is 18.1 Å². The molecular formula is C15H16O3S. The van der Waals surface area contributed by atoms with Crippen LogP contribution in [0.3, 0.4) is 0 Å². The second-order valence-electron chi connectivity index (χ2n) is 4.49. The average molecular weight is 276 g/mol. The molecule has 0 fully saturated rings. The number of rotatable bonds is 5. The van der Waals surface area contributed by atoms with Gasteiger partial charge in [-0.05, 0) is 16.7 Å². The second-order valence-corrected chi connectivity index (χ2v) is 6.56. The molecular weight excluding hydrogens is 260 g/mol. The number of benzene rings is 2. The minimum atomic E-state index is -3.17. The zero-order valence-electron chi connectivity index (χ0n) is 10.5. The van der Waals surface area contributed by atoms with Gasteiger partial charge in [0.2, 0.25) is 0 Å². The number of aliphatic hydroxyl groups excluding tert-OH is 1. The Bertz CT molecular complexity index is 616. The van der Waals surface area contributed by atoms with Crippen molar-refractivity contribution in [3.05, 3.63) is 71.3 Å². The van der Waals surface area contributed by atoms with Crippen LogP contribution < -0.4 is 0 Å². The monoisotopic (exact) mass is 276 g/mol. The summed E-state index contributed by atoms with van der Waals surface area (Å²) in [5.41, 5.74) is 2.33. The van der Waals surface area contributed by atoms with Crippen LogP contribution in [0.5, 0.6) is 0 Å². The van der Waals surface area contributed by atoms with Crippen molar-refractivity contribution in [3.8, 4) is 0 Å².